The predicted octanol–water partition coefficient (Wildman–Crippen LogP) is 3.82. The summed E-state index contributed by atoms with van der Waals surface area (Å²) in [7, 11) is 0. The molecule has 0 radical (unpaired) electrons. The highest BCUT2D eigenvalue weighted by molar-refractivity contribution is 5.87. The van der Waals surface area contributed by atoms with Crippen LogP contribution in [0.4, 0.5) is 0 Å². The molecule has 2 aromatic heterocycles. The molecule has 6 N–H and O–H groups in total. The number of aromatic amines is 2. The fourth-order valence-corrected chi connectivity index (χ4v) is 4.84. The lowest BCUT2D eigenvalue weighted by molar-refractivity contribution is -0.127. The van der Waals surface area contributed by atoms with E-state index in [2.05, 4.69) is 32.6 Å². The number of fused-ring (bicyclic) bond motifs is 1. The number of carbonyl (C=O) groups is 1. The van der Waals surface area contributed by atoms with Crippen LogP contribution in [0.2, 0.25) is 0 Å². The summed E-state index contributed by atoms with van der Waals surface area (Å²) in [4.78, 5) is 21.3. The number of aromatic hydroxyl groups is 1. The average Bonchev–Trinajstić information content (AvgIpc) is 3.51. The second kappa shape index (κ2) is 9.69. The number of hydrogen-bond acceptors (Lipinski definition) is 5. The molecule has 1 saturated carbocycles. The molecule has 0 bridgehead atoms. The van der Waals surface area contributed by atoms with Crippen molar-refractivity contribution in [3.63, 3.8) is 0 Å². The van der Waals surface area contributed by atoms with Gasteiger partial charge in [-0.2, -0.15) is 0 Å². The normalized spacial score (nSPS) is 19.2. The molecule has 176 valence electrons. The third kappa shape index (κ3) is 4.68. The van der Waals surface area contributed by atoms with Gasteiger partial charge in [-0.05, 0) is 62.3 Å². The summed E-state index contributed by atoms with van der Waals surface area (Å²) < 4.78 is 0. The number of rotatable bonds is 7. The Bertz CT molecular complexity index is 1260. The highest BCUT2D eigenvalue weighted by Gasteiger charge is 2.28. The first kappa shape index (κ1) is 22.2. The molecular weight excluding hydrogens is 428 g/mol. The molecule has 2 heterocycles. The SMILES string of the molecule is NCC1CCC(C(=O)NC(Cc2ccccc2)c2nc(-c3ccc4[nH]nc(O)c4c3)c[nH]2)CC1. The molecule has 8 nitrogen and oxygen atoms in total. The predicted molar refractivity (Wildman–Crippen MR) is 131 cm³/mol. The van der Waals surface area contributed by atoms with Gasteiger partial charge in [0.05, 0.1) is 22.6 Å². The molecule has 1 aliphatic carbocycles. The number of aromatic nitrogens is 4. The van der Waals surface area contributed by atoms with E-state index in [1.807, 2.05) is 42.6 Å². The Morgan fingerprint density at radius 2 is 1.94 bits per heavy atom. The molecule has 4 aromatic rings. The van der Waals surface area contributed by atoms with Gasteiger partial charge in [-0.25, -0.2) is 4.98 Å². The standard InChI is InChI=1S/C26H30N6O2/c27-14-17-6-8-18(9-7-17)25(33)30-22(12-16-4-2-1-3-5-16)24-28-15-23(29-24)19-10-11-21-20(13-19)26(34)32-31-21/h1-5,10-11,13,15,17-18,22H,6-9,12,14,27H2,(H,28,29)(H,30,33)(H2,31,32,34). The largest absolute Gasteiger partial charge is 0.492 e. The zero-order valence-electron chi connectivity index (χ0n) is 19.0. The zero-order valence-corrected chi connectivity index (χ0v) is 19.0. The second-order valence-electron chi connectivity index (χ2n) is 9.18. The highest BCUT2D eigenvalue weighted by Crippen LogP contribution is 2.30. The average molecular weight is 459 g/mol. The van der Waals surface area contributed by atoms with Crippen LogP contribution in [0.1, 0.15) is 43.1 Å². The molecule has 1 aliphatic rings. The second-order valence-corrected chi connectivity index (χ2v) is 9.18. The van der Waals surface area contributed by atoms with Crippen LogP contribution in [0, 0.1) is 11.8 Å². The molecule has 0 aliphatic heterocycles. The van der Waals surface area contributed by atoms with Crippen LogP contribution < -0.4 is 11.1 Å². The van der Waals surface area contributed by atoms with Crippen LogP contribution in [-0.4, -0.2) is 37.7 Å². The third-order valence-electron chi connectivity index (χ3n) is 6.92. The van der Waals surface area contributed by atoms with Gasteiger partial charge in [0.15, 0.2) is 0 Å². The smallest absolute Gasteiger partial charge is 0.238 e. The van der Waals surface area contributed by atoms with Gasteiger partial charge >= 0.3 is 0 Å². The van der Waals surface area contributed by atoms with Crippen LogP contribution in [0.5, 0.6) is 5.88 Å². The summed E-state index contributed by atoms with van der Waals surface area (Å²) in [5.41, 5.74) is 9.31. The quantitative estimate of drug-likeness (QED) is 0.287. The topological polar surface area (TPSA) is 133 Å². The minimum atomic E-state index is -0.276. The van der Waals surface area contributed by atoms with Gasteiger partial charge < -0.3 is 21.1 Å². The molecule has 8 heteroatoms. The molecular formula is C26H30N6O2. The van der Waals surface area contributed by atoms with Crippen molar-refractivity contribution in [3.8, 4) is 17.1 Å². The Balaban J connectivity index is 1.38. The zero-order chi connectivity index (χ0) is 23.5. The molecule has 2 aromatic carbocycles. The van der Waals surface area contributed by atoms with E-state index in [0.717, 1.165) is 48.0 Å². The molecule has 1 unspecified atom stereocenters. The van der Waals surface area contributed by atoms with Gasteiger partial charge in [-0.3, -0.25) is 9.89 Å². The van der Waals surface area contributed by atoms with Crippen LogP contribution in [0.15, 0.2) is 54.7 Å². The monoisotopic (exact) mass is 458 g/mol. The van der Waals surface area contributed by atoms with Crippen molar-refractivity contribution in [2.45, 2.75) is 38.1 Å². The van der Waals surface area contributed by atoms with Crippen molar-refractivity contribution in [1.82, 2.24) is 25.5 Å². The van der Waals surface area contributed by atoms with E-state index in [9.17, 15) is 9.90 Å². The fourth-order valence-electron chi connectivity index (χ4n) is 4.84. The number of imidazole rings is 1. The van der Waals surface area contributed by atoms with Crippen LogP contribution in [0.25, 0.3) is 22.2 Å². The first-order chi connectivity index (χ1) is 16.6. The molecule has 0 saturated heterocycles. The van der Waals surface area contributed by atoms with E-state index >= 15 is 0 Å². The summed E-state index contributed by atoms with van der Waals surface area (Å²) in [6.07, 6.45) is 6.24. The van der Waals surface area contributed by atoms with E-state index in [1.54, 1.807) is 0 Å². The summed E-state index contributed by atoms with van der Waals surface area (Å²) in [6, 6.07) is 15.5. The maximum atomic E-state index is 13.2. The van der Waals surface area contributed by atoms with Gasteiger partial charge in [-0.1, -0.05) is 36.4 Å². The fraction of sp³-hybridized carbons (Fsp3) is 0.346. The van der Waals surface area contributed by atoms with Gasteiger partial charge in [0.25, 0.3) is 0 Å². The number of benzene rings is 2. The Kier molecular flexibility index (Phi) is 6.31. The maximum absolute atomic E-state index is 13.2. The number of nitrogens with zero attached hydrogens (tertiary/aromatic N) is 2. The minimum absolute atomic E-state index is 0.0157. The maximum Gasteiger partial charge on any atom is 0.238 e. The molecule has 1 fully saturated rings. The van der Waals surface area contributed by atoms with E-state index in [4.69, 9.17) is 10.7 Å². The summed E-state index contributed by atoms with van der Waals surface area (Å²) in [5, 5.41) is 20.5. The summed E-state index contributed by atoms with van der Waals surface area (Å²) >= 11 is 0. The van der Waals surface area contributed by atoms with Gasteiger partial charge in [0.1, 0.15) is 5.82 Å². The van der Waals surface area contributed by atoms with Gasteiger partial charge in [-0.15, -0.1) is 5.10 Å². The lowest BCUT2D eigenvalue weighted by atomic mass is 9.81. The summed E-state index contributed by atoms with van der Waals surface area (Å²) in [5.74, 6) is 1.30. The van der Waals surface area contributed by atoms with Crippen molar-refractivity contribution in [3.05, 3.63) is 66.1 Å². The molecule has 5 rings (SSSR count). The number of nitrogens with two attached hydrogens (primary N) is 1. The van der Waals surface area contributed by atoms with E-state index in [1.165, 1.54) is 0 Å². The van der Waals surface area contributed by atoms with Crippen molar-refractivity contribution >= 4 is 16.8 Å². The van der Waals surface area contributed by atoms with Crippen molar-refractivity contribution in [2.24, 2.45) is 17.6 Å². The first-order valence-electron chi connectivity index (χ1n) is 11.9. The van der Waals surface area contributed by atoms with Crippen molar-refractivity contribution < 1.29 is 9.90 Å². The molecule has 0 spiro atoms. The Morgan fingerprint density at radius 3 is 2.71 bits per heavy atom. The van der Waals surface area contributed by atoms with Gasteiger partial charge in [0.2, 0.25) is 11.8 Å². The van der Waals surface area contributed by atoms with Gasteiger partial charge in [0, 0.05) is 17.7 Å². The van der Waals surface area contributed by atoms with E-state index in [0.29, 0.717) is 30.1 Å². The number of nitrogens with one attached hydrogen (secondary N) is 3. The first-order valence-corrected chi connectivity index (χ1v) is 11.9. The van der Waals surface area contributed by atoms with Crippen LogP contribution in [-0.2, 0) is 11.2 Å². The molecule has 1 atom stereocenters. The number of H-pyrrole nitrogens is 2. The molecule has 1 amide bonds. The third-order valence-corrected chi connectivity index (χ3v) is 6.92. The minimum Gasteiger partial charge on any atom is -0.492 e. The number of carbonyl (C=O) groups excluding carboxylic acids is 1. The Hall–Kier alpha value is -3.65. The lowest BCUT2D eigenvalue weighted by Gasteiger charge is -2.28. The van der Waals surface area contributed by atoms with Crippen molar-refractivity contribution in [1.29, 1.82) is 0 Å². The Morgan fingerprint density at radius 1 is 1.15 bits per heavy atom. The number of amides is 1. The highest BCUT2D eigenvalue weighted by atomic mass is 16.3. The van der Waals surface area contributed by atoms with Crippen LogP contribution >= 0.6 is 0 Å². The van der Waals surface area contributed by atoms with Crippen LogP contribution in [0.3, 0.4) is 0 Å². The lowest BCUT2D eigenvalue weighted by Crippen LogP contribution is -2.37. The Labute approximate surface area is 198 Å². The van der Waals surface area contributed by atoms with Crippen molar-refractivity contribution in [2.75, 3.05) is 6.54 Å². The summed E-state index contributed by atoms with van der Waals surface area (Å²) in [6.45, 7) is 0.697. The van der Waals surface area contributed by atoms with E-state index in [-0.39, 0.29) is 23.7 Å². The number of hydrogen-bond donors (Lipinski definition) is 5. The van der Waals surface area contributed by atoms with E-state index < -0.39 is 0 Å². The molecule has 34 heavy (non-hydrogen) atoms.